The second-order valence-electron chi connectivity index (χ2n) is 4.45. The minimum absolute atomic E-state index is 0.0469. The Bertz CT molecular complexity index is 580. The van der Waals surface area contributed by atoms with Gasteiger partial charge in [-0.1, -0.05) is 42.5 Å². The molecule has 2 aromatic carbocycles. The molecule has 0 atom stereocenters. The lowest BCUT2D eigenvalue weighted by Gasteiger charge is -2.08. The van der Waals surface area contributed by atoms with Crippen molar-refractivity contribution >= 4 is 17.5 Å². The standard InChI is InChI=1S/C16H16ClNO/c1-12-5-2-3-8-15(12)16(19)18-11-14-7-4-6-13(9-14)10-17/h2-9H,10-11H2,1H3,(H,18,19). The number of hydrogen-bond acceptors (Lipinski definition) is 1. The van der Waals surface area contributed by atoms with Gasteiger partial charge in [0, 0.05) is 18.0 Å². The van der Waals surface area contributed by atoms with E-state index in [0.717, 1.165) is 22.3 Å². The van der Waals surface area contributed by atoms with Crippen molar-refractivity contribution in [1.82, 2.24) is 5.32 Å². The molecule has 0 aliphatic carbocycles. The highest BCUT2D eigenvalue weighted by Crippen LogP contribution is 2.09. The third-order valence-corrected chi connectivity index (χ3v) is 3.30. The zero-order valence-electron chi connectivity index (χ0n) is 10.8. The summed E-state index contributed by atoms with van der Waals surface area (Å²) in [6.45, 7) is 2.45. The summed E-state index contributed by atoms with van der Waals surface area (Å²) in [5.41, 5.74) is 3.81. The van der Waals surface area contributed by atoms with Crippen LogP contribution >= 0.6 is 11.6 Å². The van der Waals surface area contributed by atoms with Gasteiger partial charge in [0.05, 0.1) is 0 Å². The Hall–Kier alpha value is -1.80. The van der Waals surface area contributed by atoms with Gasteiger partial charge in [0.1, 0.15) is 0 Å². The van der Waals surface area contributed by atoms with E-state index in [4.69, 9.17) is 11.6 Å². The number of carbonyl (C=O) groups is 1. The molecule has 0 radical (unpaired) electrons. The van der Waals surface area contributed by atoms with Gasteiger partial charge in [-0.2, -0.15) is 0 Å². The molecule has 2 rings (SSSR count). The molecule has 0 bridgehead atoms. The topological polar surface area (TPSA) is 29.1 Å². The van der Waals surface area contributed by atoms with Crippen molar-refractivity contribution in [3.8, 4) is 0 Å². The van der Waals surface area contributed by atoms with E-state index < -0.39 is 0 Å². The third kappa shape index (κ3) is 3.58. The minimum Gasteiger partial charge on any atom is -0.348 e. The van der Waals surface area contributed by atoms with Crippen molar-refractivity contribution in [1.29, 1.82) is 0 Å². The number of aryl methyl sites for hydroxylation is 1. The number of benzene rings is 2. The van der Waals surface area contributed by atoms with E-state index in [1.165, 1.54) is 0 Å². The number of amides is 1. The Morgan fingerprint density at radius 1 is 1.11 bits per heavy atom. The molecule has 1 amide bonds. The Balaban J connectivity index is 2.02. The van der Waals surface area contributed by atoms with Crippen LogP contribution in [0.25, 0.3) is 0 Å². The monoisotopic (exact) mass is 273 g/mol. The van der Waals surface area contributed by atoms with Crippen LogP contribution in [0.4, 0.5) is 0 Å². The smallest absolute Gasteiger partial charge is 0.251 e. The van der Waals surface area contributed by atoms with E-state index >= 15 is 0 Å². The van der Waals surface area contributed by atoms with Crippen LogP contribution in [0, 0.1) is 6.92 Å². The molecular formula is C16H16ClNO. The molecule has 0 saturated heterocycles. The van der Waals surface area contributed by atoms with Crippen LogP contribution in [0.2, 0.25) is 0 Å². The molecule has 2 nitrogen and oxygen atoms in total. The fourth-order valence-corrected chi connectivity index (χ4v) is 2.09. The summed E-state index contributed by atoms with van der Waals surface area (Å²) in [7, 11) is 0. The van der Waals surface area contributed by atoms with Crippen LogP contribution in [0.5, 0.6) is 0 Å². The summed E-state index contributed by atoms with van der Waals surface area (Å²) in [6.07, 6.45) is 0. The number of carbonyl (C=O) groups excluding carboxylic acids is 1. The molecule has 0 fully saturated rings. The van der Waals surface area contributed by atoms with Crippen LogP contribution in [0.3, 0.4) is 0 Å². The van der Waals surface area contributed by atoms with Gasteiger partial charge in [0.15, 0.2) is 0 Å². The summed E-state index contributed by atoms with van der Waals surface area (Å²) in [4.78, 5) is 12.1. The van der Waals surface area contributed by atoms with Crippen molar-refractivity contribution in [2.75, 3.05) is 0 Å². The van der Waals surface area contributed by atoms with E-state index in [0.29, 0.717) is 12.4 Å². The van der Waals surface area contributed by atoms with E-state index in [-0.39, 0.29) is 5.91 Å². The zero-order valence-corrected chi connectivity index (χ0v) is 11.6. The van der Waals surface area contributed by atoms with Crippen LogP contribution in [0.15, 0.2) is 48.5 Å². The first-order valence-electron chi connectivity index (χ1n) is 6.18. The number of alkyl halides is 1. The summed E-state index contributed by atoms with van der Waals surface area (Å²) in [5.74, 6) is 0.439. The van der Waals surface area contributed by atoms with E-state index in [9.17, 15) is 4.79 Å². The highest BCUT2D eigenvalue weighted by atomic mass is 35.5. The van der Waals surface area contributed by atoms with Gasteiger partial charge in [0.25, 0.3) is 5.91 Å². The Kier molecular flexibility index (Phi) is 4.58. The fourth-order valence-electron chi connectivity index (χ4n) is 1.93. The second-order valence-corrected chi connectivity index (χ2v) is 4.72. The van der Waals surface area contributed by atoms with Crippen LogP contribution in [-0.2, 0) is 12.4 Å². The quantitative estimate of drug-likeness (QED) is 0.846. The SMILES string of the molecule is Cc1ccccc1C(=O)NCc1cccc(CCl)c1. The van der Waals surface area contributed by atoms with Crippen LogP contribution in [0.1, 0.15) is 27.0 Å². The molecule has 0 aromatic heterocycles. The maximum Gasteiger partial charge on any atom is 0.251 e. The third-order valence-electron chi connectivity index (χ3n) is 2.99. The number of nitrogens with one attached hydrogen (secondary N) is 1. The van der Waals surface area contributed by atoms with Gasteiger partial charge in [-0.15, -0.1) is 11.6 Å². The van der Waals surface area contributed by atoms with E-state index in [1.54, 1.807) is 0 Å². The molecule has 3 heteroatoms. The molecule has 0 aliphatic rings. The lowest BCUT2D eigenvalue weighted by molar-refractivity contribution is 0.0950. The first-order chi connectivity index (χ1) is 9.20. The maximum absolute atomic E-state index is 12.1. The molecule has 1 N–H and O–H groups in total. The normalized spacial score (nSPS) is 10.2. The largest absolute Gasteiger partial charge is 0.348 e. The van der Waals surface area contributed by atoms with Crippen molar-refractivity contribution in [3.05, 3.63) is 70.8 Å². The molecular weight excluding hydrogens is 258 g/mol. The summed E-state index contributed by atoms with van der Waals surface area (Å²) < 4.78 is 0. The zero-order chi connectivity index (χ0) is 13.7. The minimum atomic E-state index is -0.0469. The van der Waals surface area contributed by atoms with Crippen LogP contribution in [-0.4, -0.2) is 5.91 Å². The average Bonchev–Trinajstić information content (AvgIpc) is 2.45. The molecule has 0 aliphatic heterocycles. The Morgan fingerprint density at radius 3 is 2.58 bits per heavy atom. The molecule has 0 spiro atoms. The number of rotatable bonds is 4. The van der Waals surface area contributed by atoms with Crippen molar-refractivity contribution < 1.29 is 4.79 Å². The Labute approximate surface area is 118 Å². The predicted octanol–water partition coefficient (Wildman–Crippen LogP) is 3.66. The summed E-state index contributed by atoms with van der Waals surface area (Å²) in [6, 6.07) is 15.5. The first-order valence-corrected chi connectivity index (χ1v) is 6.72. The van der Waals surface area contributed by atoms with Crippen molar-refractivity contribution in [2.45, 2.75) is 19.3 Å². The van der Waals surface area contributed by atoms with Gasteiger partial charge in [-0.25, -0.2) is 0 Å². The maximum atomic E-state index is 12.1. The lowest BCUT2D eigenvalue weighted by Crippen LogP contribution is -2.23. The first kappa shape index (κ1) is 13.6. The fraction of sp³-hybridized carbons (Fsp3) is 0.188. The molecule has 0 unspecified atom stereocenters. The molecule has 0 saturated carbocycles. The van der Waals surface area contributed by atoms with E-state index in [1.807, 2.05) is 55.5 Å². The Morgan fingerprint density at radius 2 is 1.84 bits per heavy atom. The van der Waals surface area contributed by atoms with Crippen LogP contribution < -0.4 is 5.32 Å². The number of halogens is 1. The van der Waals surface area contributed by atoms with Gasteiger partial charge in [-0.3, -0.25) is 4.79 Å². The predicted molar refractivity (Wildman–Crippen MR) is 78.3 cm³/mol. The van der Waals surface area contributed by atoms with Gasteiger partial charge < -0.3 is 5.32 Å². The summed E-state index contributed by atoms with van der Waals surface area (Å²) >= 11 is 5.79. The highest BCUT2D eigenvalue weighted by molar-refractivity contribution is 6.17. The molecule has 2 aromatic rings. The molecule has 19 heavy (non-hydrogen) atoms. The average molecular weight is 274 g/mol. The van der Waals surface area contributed by atoms with E-state index in [2.05, 4.69) is 5.32 Å². The van der Waals surface area contributed by atoms with Gasteiger partial charge >= 0.3 is 0 Å². The second kappa shape index (κ2) is 6.39. The van der Waals surface area contributed by atoms with Crippen molar-refractivity contribution in [3.63, 3.8) is 0 Å². The summed E-state index contributed by atoms with van der Waals surface area (Å²) in [5, 5.41) is 2.93. The molecule has 0 heterocycles. The van der Waals surface area contributed by atoms with Gasteiger partial charge in [0.2, 0.25) is 0 Å². The van der Waals surface area contributed by atoms with Gasteiger partial charge in [-0.05, 0) is 29.7 Å². The number of hydrogen-bond donors (Lipinski definition) is 1. The highest BCUT2D eigenvalue weighted by Gasteiger charge is 2.07. The lowest BCUT2D eigenvalue weighted by atomic mass is 10.1. The van der Waals surface area contributed by atoms with Crippen molar-refractivity contribution in [2.24, 2.45) is 0 Å². The molecule has 98 valence electrons.